The van der Waals surface area contributed by atoms with Gasteiger partial charge in [-0.05, 0) is 43.7 Å². The first-order valence-electron chi connectivity index (χ1n) is 9.30. The Morgan fingerprint density at radius 1 is 0.897 bits per heavy atom. The van der Waals surface area contributed by atoms with Gasteiger partial charge in [-0.15, -0.1) is 0 Å². The van der Waals surface area contributed by atoms with Crippen LogP contribution in [0.15, 0.2) is 85.2 Å². The summed E-state index contributed by atoms with van der Waals surface area (Å²) in [4.78, 5) is 3.78. The predicted octanol–water partition coefficient (Wildman–Crippen LogP) is 6.64. The first-order chi connectivity index (χ1) is 14.1. The van der Waals surface area contributed by atoms with Gasteiger partial charge in [-0.25, -0.2) is 9.13 Å². The Kier molecular flexibility index (Phi) is 10.8. The first-order valence-corrected chi connectivity index (χ1v) is 16.4. The second-order valence-corrected chi connectivity index (χ2v) is 13.8. The number of rotatable bonds is 3. The fourth-order valence-corrected chi connectivity index (χ4v) is 3.30. The summed E-state index contributed by atoms with van der Waals surface area (Å²) in [7, 11) is 0. The van der Waals surface area contributed by atoms with E-state index in [1.54, 1.807) is 12.4 Å². The third kappa shape index (κ3) is 7.15. The number of nitrogens with zero attached hydrogens (tertiary/aromatic N) is 3. The SMILES string of the molecule is Cc1n(C(C)C)c2ccccc2[n+]1Cc1ccccc1.[Br][Pd][Br].c1ccncc1. The number of fused-ring (bicyclic) bond motifs is 1. The van der Waals surface area contributed by atoms with Crippen LogP contribution in [0.3, 0.4) is 0 Å². The number of para-hydroxylation sites is 2. The van der Waals surface area contributed by atoms with Gasteiger partial charge in [0.25, 0.3) is 5.82 Å². The van der Waals surface area contributed by atoms with E-state index in [9.17, 15) is 0 Å². The maximum absolute atomic E-state index is 3.78. The van der Waals surface area contributed by atoms with Crippen LogP contribution in [0, 0.1) is 6.92 Å². The number of hydrogen-bond donors (Lipinski definition) is 0. The monoisotopic (exact) mass is 608 g/mol. The number of imidazole rings is 1. The van der Waals surface area contributed by atoms with Crippen molar-refractivity contribution in [3.05, 3.63) is 96.6 Å². The summed E-state index contributed by atoms with van der Waals surface area (Å²) in [6, 6.07) is 25.5. The van der Waals surface area contributed by atoms with Crippen molar-refractivity contribution in [3.8, 4) is 0 Å². The van der Waals surface area contributed by atoms with Crippen molar-refractivity contribution in [3.63, 3.8) is 0 Å². The fraction of sp³-hybridized carbons (Fsp3) is 0.217. The summed E-state index contributed by atoms with van der Waals surface area (Å²) in [5, 5.41) is 0. The number of benzene rings is 2. The molecule has 4 aromatic rings. The molecule has 0 unspecified atom stereocenters. The molecule has 3 nitrogen and oxygen atoms in total. The van der Waals surface area contributed by atoms with Crippen molar-refractivity contribution in [1.82, 2.24) is 9.55 Å². The topological polar surface area (TPSA) is 21.7 Å². The largest absolute Gasteiger partial charge is 0.265 e. The molecule has 0 spiro atoms. The van der Waals surface area contributed by atoms with E-state index in [1.807, 2.05) is 18.2 Å². The van der Waals surface area contributed by atoms with E-state index in [0.717, 1.165) is 6.54 Å². The van der Waals surface area contributed by atoms with Gasteiger partial charge >= 0.3 is 40.8 Å². The summed E-state index contributed by atoms with van der Waals surface area (Å²) in [5.74, 6) is 1.31. The van der Waals surface area contributed by atoms with Crippen molar-refractivity contribution < 1.29 is 18.5 Å². The second kappa shape index (κ2) is 13.1. The van der Waals surface area contributed by atoms with Gasteiger partial charge in [0.2, 0.25) is 0 Å². The van der Waals surface area contributed by atoms with Crippen LogP contribution in [-0.2, 0) is 20.5 Å². The minimum atomic E-state index is 0.469. The van der Waals surface area contributed by atoms with Crippen LogP contribution in [0.1, 0.15) is 31.3 Å². The van der Waals surface area contributed by atoms with Gasteiger partial charge in [-0.1, -0.05) is 48.5 Å². The molecule has 0 N–H and O–H groups in total. The molecular weight excluding hydrogens is 585 g/mol. The van der Waals surface area contributed by atoms with Gasteiger partial charge in [-0.2, -0.15) is 0 Å². The molecular formula is C23H26Br2N3Pd+. The van der Waals surface area contributed by atoms with Crippen LogP contribution in [0.25, 0.3) is 11.0 Å². The summed E-state index contributed by atoms with van der Waals surface area (Å²) in [6.45, 7) is 7.62. The van der Waals surface area contributed by atoms with Gasteiger partial charge in [0.15, 0.2) is 11.0 Å². The van der Waals surface area contributed by atoms with Crippen LogP contribution >= 0.6 is 26.9 Å². The molecule has 0 bridgehead atoms. The summed E-state index contributed by atoms with van der Waals surface area (Å²) in [5.41, 5.74) is 3.96. The van der Waals surface area contributed by atoms with Gasteiger partial charge in [0.1, 0.15) is 6.54 Å². The molecule has 0 fully saturated rings. The normalized spacial score (nSPS) is 10.3. The summed E-state index contributed by atoms with van der Waals surface area (Å²) < 4.78 is 4.82. The molecule has 29 heavy (non-hydrogen) atoms. The molecule has 2 aromatic heterocycles. The smallest absolute Gasteiger partial charge is 0.0267 e. The van der Waals surface area contributed by atoms with E-state index < -0.39 is 0 Å². The van der Waals surface area contributed by atoms with E-state index in [4.69, 9.17) is 0 Å². The van der Waals surface area contributed by atoms with Gasteiger partial charge < -0.3 is 0 Å². The summed E-state index contributed by atoms with van der Waals surface area (Å²) >= 11 is 6.80. The average Bonchev–Trinajstić information content (AvgIpc) is 3.03. The number of hydrogen-bond acceptors (Lipinski definition) is 1. The Hall–Kier alpha value is -1.32. The minimum absolute atomic E-state index is 0.469. The number of aromatic nitrogens is 3. The van der Waals surface area contributed by atoms with E-state index in [2.05, 4.69) is 116 Å². The Balaban J connectivity index is 0.000000278. The standard InChI is InChI=1S/C18H21N2.C5H5N.2BrH.Pd/c1-14(2)20-15(3)19(13-16-9-5-4-6-10-16)17-11-7-8-12-18(17)20;1-2-4-6-5-3-1;;;/h4-12,14H,13H2,1-3H3;1-5H;2*1H;/q+1;;;;+2/p-2. The molecule has 0 radical (unpaired) electrons. The fourth-order valence-electron chi connectivity index (χ4n) is 3.30. The van der Waals surface area contributed by atoms with Crippen LogP contribution < -0.4 is 4.57 Å². The molecule has 4 rings (SSSR count). The molecule has 2 heterocycles. The Bertz CT molecular complexity index is 947. The molecule has 0 aliphatic carbocycles. The first kappa shape index (κ1) is 24.0. The molecule has 0 amide bonds. The zero-order valence-corrected chi connectivity index (χ0v) is 21.5. The maximum atomic E-state index is 3.78. The van der Waals surface area contributed by atoms with Gasteiger partial charge in [0, 0.05) is 19.3 Å². The van der Waals surface area contributed by atoms with E-state index >= 15 is 0 Å². The molecule has 0 aliphatic rings. The van der Waals surface area contributed by atoms with Crippen molar-refractivity contribution in [2.45, 2.75) is 33.4 Å². The maximum Gasteiger partial charge on any atom is 0.0267 e. The Labute approximate surface area is 194 Å². The zero-order valence-electron chi connectivity index (χ0n) is 16.8. The van der Waals surface area contributed by atoms with Gasteiger partial charge in [-0.3, -0.25) is 4.98 Å². The third-order valence-corrected chi connectivity index (χ3v) is 4.44. The van der Waals surface area contributed by atoms with Crippen molar-refractivity contribution >= 4 is 37.9 Å². The second-order valence-electron chi connectivity index (χ2n) is 6.64. The van der Waals surface area contributed by atoms with Gasteiger partial charge in [0.05, 0.1) is 6.04 Å². The zero-order chi connectivity index (χ0) is 21.1. The van der Waals surface area contributed by atoms with E-state index in [1.165, 1.54) is 22.4 Å². The summed E-state index contributed by atoms with van der Waals surface area (Å²) in [6.07, 6.45) is 3.50. The molecule has 0 saturated heterocycles. The molecule has 0 saturated carbocycles. The van der Waals surface area contributed by atoms with Crippen molar-refractivity contribution in [2.75, 3.05) is 0 Å². The van der Waals surface area contributed by atoms with Crippen molar-refractivity contribution in [1.29, 1.82) is 0 Å². The number of pyridine rings is 1. The van der Waals surface area contributed by atoms with Crippen LogP contribution in [0.5, 0.6) is 0 Å². The Morgan fingerprint density at radius 3 is 1.97 bits per heavy atom. The predicted molar refractivity (Wildman–Crippen MR) is 125 cm³/mol. The molecule has 0 aliphatic heterocycles. The average molecular weight is 611 g/mol. The Morgan fingerprint density at radius 2 is 1.45 bits per heavy atom. The van der Waals surface area contributed by atoms with Crippen LogP contribution in [0.4, 0.5) is 0 Å². The molecule has 0 atom stereocenters. The number of halogens is 2. The van der Waals surface area contributed by atoms with Crippen molar-refractivity contribution in [2.24, 2.45) is 0 Å². The van der Waals surface area contributed by atoms with Crippen LogP contribution in [-0.4, -0.2) is 9.55 Å². The quantitative estimate of drug-likeness (QED) is 0.188. The molecule has 2 aromatic carbocycles. The van der Waals surface area contributed by atoms with Crippen LogP contribution in [0.2, 0.25) is 0 Å². The molecule has 6 heteroatoms. The minimum Gasteiger partial charge on any atom is -0.265 e. The van der Waals surface area contributed by atoms with E-state index in [0.29, 0.717) is 20.0 Å². The van der Waals surface area contributed by atoms with E-state index in [-0.39, 0.29) is 0 Å². The molecule has 156 valence electrons. The third-order valence-electron chi connectivity index (χ3n) is 4.44.